The third-order valence-electron chi connectivity index (χ3n) is 5.33. The monoisotopic (exact) mass is 272 g/mol. The molecule has 3 unspecified atom stereocenters. The molecule has 1 saturated heterocycles. The van der Waals surface area contributed by atoms with Gasteiger partial charge in [-0.05, 0) is 49.8 Å². The molecular formula is C17H24N2O. The first-order valence-electron chi connectivity index (χ1n) is 8.12. The van der Waals surface area contributed by atoms with Gasteiger partial charge in [0.2, 0.25) is 0 Å². The van der Waals surface area contributed by atoms with Gasteiger partial charge in [0, 0.05) is 19.1 Å². The van der Waals surface area contributed by atoms with Crippen molar-refractivity contribution < 1.29 is 4.74 Å². The molecule has 2 fully saturated rings. The Morgan fingerprint density at radius 3 is 3.15 bits per heavy atom. The summed E-state index contributed by atoms with van der Waals surface area (Å²) in [6.45, 7) is 4.34. The molecule has 1 saturated carbocycles. The highest BCUT2D eigenvalue weighted by atomic mass is 16.5. The molecule has 0 aromatic heterocycles. The summed E-state index contributed by atoms with van der Waals surface area (Å²) >= 11 is 0. The van der Waals surface area contributed by atoms with Gasteiger partial charge >= 0.3 is 0 Å². The van der Waals surface area contributed by atoms with Gasteiger partial charge in [-0.25, -0.2) is 0 Å². The molecule has 20 heavy (non-hydrogen) atoms. The van der Waals surface area contributed by atoms with Crippen LogP contribution in [0.4, 0.5) is 5.69 Å². The molecule has 1 N–H and O–H groups in total. The van der Waals surface area contributed by atoms with Gasteiger partial charge in [0.15, 0.2) is 0 Å². The number of anilines is 1. The number of rotatable bonds is 2. The number of hydrogen-bond acceptors (Lipinski definition) is 3. The zero-order valence-electron chi connectivity index (χ0n) is 12.1. The van der Waals surface area contributed by atoms with Crippen LogP contribution in [-0.2, 0) is 0 Å². The van der Waals surface area contributed by atoms with Crippen LogP contribution in [0.2, 0.25) is 0 Å². The summed E-state index contributed by atoms with van der Waals surface area (Å²) in [5.74, 6) is 2.91. The highest BCUT2D eigenvalue weighted by molar-refractivity contribution is 5.59. The third kappa shape index (κ3) is 2.18. The molecular weight excluding hydrogens is 248 g/mol. The summed E-state index contributed by atoms with van der Waals surface area (Å²) in [6, 6.07) is 9.19. The molecule has 0 bridgehead atoms. The van der Waals surface area contributed by atoms with Crippen molar-refractivity contribution in [2.24, 2.45) is 11.8 Å². The molecule has 4 rings (SSSR count). The van der Waals surface area contributed by atoms with Crippen molar-refractivity contribution in [2.45, 2.75) is 31.7 Å². The van der Waals surface area contributed by atoms with Crippen LogP contribution in [0.5, 0.6) is 5.75 Å². The summed E-state index contributed by atoms with van der Waals surface area (Å²) in [7, 11) is 0. The fourth-order valence-electron chi connectivity index (χ4n) is 4.33. The van der Waals surface area contributed by atoms with Crippen LogP contribution >= 0.6 is 0 Å². The fraction of sp³-hybridized carbons (Fsp3) is 0.647. The number of fused-ring (bicyclic) bond motifs is 2. The van der Waals surface area contributed by atoms with E-state index in [0.717, 1.165) is 43.7 Å². The number of ether oxygens (including phenoxy) is 1. The lowest BCUT2D eigenvalue weighted by Crippen LogP contribution is -2.41. The quantitative estimate of drug-likeness (QED) is 0.896. The fourth-order valence-corrected chi connectivity index (χ4v) is 4.33. The van der Waals surface area contributed by atoms with Gasteiger partial charge < -0.3 is 15.0 Å². The molecule has 3 aliphatic rings. The number of nitrogens with zero attached hydrogens (tertiary/aromatic N) is 1. The molecule has 108 valence electrons. The Hall–Kier alpha value is -1.22. The van der Waals surface area contributed by atoms with Crippen molar-refractivity contribution in [1.29, 1.82) is 0 Å². The number of para-hydroxylation sites is 2. The van der Waals surface area contributed by atoms with E-state index in [1.54, 1.807) is 0 Å². The first-order valence-corrected chi connectivity index (χ1v) is 8.12. The molecule has 1 aromatic carbocycles. The van der Waals surface area contributed by atoms with Crippen molar-refractivity contribution in [1.82, 2.24) is 5.32 Å². The van der Waals surface area contributed by atoms with E-state index >= 15 is 0 Å². The van der Waals surface area contributed by atoms with E-state index in [-0.39, 0.29) is 0 Å². The first-order chi connectivity index (χ1) is 9.92. The lowest BCUT2D eigenvalue weighted by atomic mass is 9.93. The minimum Gasteiger partial charge on any atom is -0.491 e. The minimum absolute atomic E-state index is 0.675. The molecule has 0 amide bonds. The van der Waals surface area contributed by atoms with Crippen LogP contribution in [-0.4, -0.2) is 32.3 Å². The summed E-state index contributed by atoms with van der Waals surface area (Å²) in [6.07, 6.45) is 5.42. The summed E-state index contributed by atoms with van der Waals surface area (Å²) in [5, 5.41) is 3.77. The van der Waals surface area contributed by atoms with Gasteiger partial charge in [-0.1, -0.05) is 18.6 Å². The van der Waals surface area contributed by atoms with Crippen LogP contribution in [0.25, 0.3) is 0 Å². The molecule has 3 atom stereocenters. The van der Waals surface area contributed by atoms with E-state index in [9.17, 15) is 0 Å². The molecule has 3 heteroatoms. The summed E-state index contributed by atoms with van der Waals surface area (Å²) in [5.41, 5.74) is 1.29. The molecule has 1 aliphatic carbocycles. The van der Waals surface area contributed by atoms with Crippen LogP contribution in [0.15, 0.2) is 24.3 Å². The third-order valence-corrected chi connectivity index (χ3v) is 5.33. The van der Waals surface area contributed by atoms with E-state index in [1.165, 1.54) is 31.5 Å². The predicted molar refractivity (Wildman–Crippen MR) is 81.4 cm³/mol. The smallest absolute Gasteiger partial charge is 0.142 e. The van der Waals surface area contributed by atoms with Crippen LogP contribution in [0.1, 0.15) is 25.7 Å². The zero-order chi connectivity index (χ0) is 13.4. The summed E-state index contributed by atoms with van der Waals surface area (Å²) < 4.78 is 5.87. The van der Waals surface area contributed by atoms with Crippen molar-refractivity contribution >= 4 is 5.69 Å². The average Bonchev–Trinajstić information content (AvgIpc) is 3.01. The Bertz CT molecular complexity index is 476. The van der Waals surface area contributed by atoms with Crippen molar-refractivity contribution in [3.8, 4) is 5.75 Å². The SMILES string of the molecule is c1ccc2c(c1)OCCCN2CC1NCC2CCCC21. The van der Waals surface area contributed by atoms with Gasteiger partial charge in [-0.2, -0.15) is 0 Å². The Balaban J connectivity index is 1.53. The lowest BCUT2D eigenvalue weighted by Gasteiger charge is -2.29. The lowest BCUT2D eigenvalue weighted by molar-refractivity contribution is 0.322. The van der Waals surface area contributed by atoms with E-state index in [4.69, 9.17) is 4.74 Å². The highest BCUT2D eigenvalue weighted by Gasteiger charge is 2.39. The van der Waals surface area contributed by atoms with Gasteiger partial charge in [0.1, 0.15) is 5.75 Å². The van der Waals surface area contributed by atoms with E-state index in [0.29, 0.717) is 6.04 Å². The van der Waals surface area contributed by atoms with Gasteiger partial charge in [-0.3, -0.25) is 0 Å². The van der Waals surface area contributed by atoms with E-state index < -0.39 is 0 Å². The number of nitrogens with one attached hydrogen (secondary N) is 1. The second-order valence-electron chi connectivity index (χ2n) is 6.49. The maximum absolute atomic E-state index is 5.87. The molecule has 2 heterocycles. The van der Waals surface area contributed by atoms with Crippen LogP contribution in [0.3, 0.4) is 0 Å². The first kappa shape index (κ1) is 12.5. The van der Waals surface area contributed by atoms with Crippen LogP contribution < -0.4 is 15.0 Å². The summed E-state index contributed by atoms with van der Waals surface area (Å²) in [4.78, 5) is 2.54. The molecule has 0 spiro atoms. The highest BCUT2D eigenvalue weighted by Crippen LogP contribution is 2.39. The standard InChI is InChI=1S/C17H24N2O/c1-2-8-17-16(7-1)19(9-4-10-20-17)12-15-14-6-3-5-13(14)11-18-15/h1-2,7-8,13-15,18H,3-6,9-12H2. The predicted octanol–water partition coefficient (Wildman–Crippen LogP) is 2.66. The van der Waals surface area contributed by atoms with Crippen molar-refractivity contribution in [3.63, 3.8) is 0 Å². The number of benzene rings is 1. The number of hydrogen-bond donors (Lipinski definition) is 1. The molecule has 1 aromatic rings. The Labute approximate surface area is 121 Å². The second-order valence-corrected chi connectivity index (χ2v) is 6.49. The van der Waals surface area contributed by atoms with E-state index in [1.807, 2.05) is 0 Å². The Morgan fingerprint density at radius 2 is 2.15 bits per heavy atom. The zero-order valence-corrected chi connectivity index (χ0v) is 12.1. The van der Waals surface area contributed by atoms with Crippen LogP contribution in [0, 0.1) is 11.8 Å². The normalized spacial score (nSPS) is 32.4. The molecule has 2 aliphatic heterocycles. The van der Waals surface area contributed by atoms with E-state index in [2.05, 4.69) is 34.5 Å². The van der Waals surface area contributed by atoms with Gasteiger partial charge in [-0.15, -0.1) is 0 Å². The maximum atomic E-state index is 5.87. The van der Waals surface area contributed by atoms with Gasteiger partial charge in [0.05, 0.1) is 12.3 Å². The Morgan fingerprint density at radius 1 is 1.20 bits per heavy atom. The van der Waals surface area contributed by atoms with Crippen molar-refractivity contribution in [2.75, 3.05) is 31.1 Å². The maximum Gasteiger partial charge on any atom is 0.142 e. The molecule has 0 radical (unpaired) electrons. The largest absolute Gasteiger partial charge is 0.491 e. The second kappa shape index (κ2) is 5.28. The molecule has 3 nitrogen and oxygen atoms in total. The minimum atomic E-state index is 0.675. The Kier molecular flexibility index (Phi) is 3.31. The topological polar surface area (TPSA) is 24.5 Å². The average molecular weight is 272 g/mol. The van der Waals surface area contributed by atoms with Crippen molar-refractivity contribution in [3.05, 3.63) is 24.3 Å². The van der Waals surface area contributed by atoms with Gasteiger partial charge in [0.25, 0.3) is 0 Å².